The standard InChI is InChI=1S/C20H18N2O2/c1-15-12-13-18(24-15)14-21-22-20(23)19(16-8-4-2-5-9-16)17-10-6-3-7-11-17/h2-14,19H,1H3,(H,22,23)/b21-14-. The monoisotopic (exact) mass is 318 g/mol. The summed E-state index contributed by atoms with van der Waals surface area (Å²) in [5, 5.41) is 4.01. The molecule has 1 aromatic heterocycles. The van der Waals surface area contributed by atoms with Crippen molar-refractivity contribution in [3.8, 4) is 0 Å². The fourth-order valence-corrected chi connectivity index (χ4v) is 2.53. The van der Waals surface area contributed by atoms with Crippen LogP contribution >= 0.6 is 0 Å². The van der Waals surface area contributed by atoms with E-state index in [0.717, 1.165) is 16.9 Å². The Bertz CT molecular complexity index is 784. The number of hydrazone groups is 1. The first kappa shape index (κ1) is 15.7. The Morgan fingerprint density at radius 1 is 0.958 bits per heavy atom. The number of benzene rings is 2. The molecule has 4 nitrogen and oxygen atoms in total. The van der Waals surface area contributed by atoms with Crippen LogP contribution in [-0.2, 0) is 4.79 Å². The van der Waals surface area contributed by atoms with E-state index >= 15 is 0 Å². The summed E-state index contributed by atoms with van der Waals surface area (Å²) in [6.45, 7) is 1.86. The van der Waals surface area contributed by atoms with E-state index in [2.05, 4.69) is 10.5 Å². The summed E-state index contributed by atoms with van der Waals surface area (Å²) < 4.78 is 5.39. The molecule has 2 aromatic carbocycles. The maximum atomic E-state index is 12.7. The molecule has 0 unspecified atom stereocenters. The van der Waals surface area contributed by atoms with E-state index in [0.29, 0.717) is 5.76 Å². The summed E-state index contributed by atoms with van der Waals surface area (Å²) >= 11 is 0. The van der Waals surface area contributed by atoms with E-state index < -0.39 is 5.92 Å². The highest BCUT2D eigenvalue weighted by Crippen LogP contribution is 2.24. The van der Waals surface area contributed by atoms with E-state index in [9.17, 15) is 4.79 Å². The van der Waals surface area contributed by atoms with Gasteiger partial charge in [-0.25, -0.2) is 5.43 Å². The van der Waals surface area contributed by atoms with Crippen molar-refractivity contribution in [2.24, 2.45) is 5.10 Å². The van der Waals surface area contributed by atoms with Gasteiger partial charge in [-0.1, -0.05) is 60.7 Å². The predicted octanol–water partition coefficient (Wildman–Crippen LogP) is 3.87. The lowest BCUT2D eigenvalue weighted by Gasteiger charge is -2.16. The predicted molar refractivity (Wildman–Crippen MR) is 93.9 cm³/mol. The topological polar surface area (TPSA) is 54.6 Å². The Balaban J connectivity index is 1.80. The lowest BCUT2D eigenvalue weighted by atomic mass is 9.91. The smallest absolute Gasteiger partial charge is 0.252 e. The van der Waals surface area contributed by atoms with Gasteiger partial charge in [-0.15, -0.1) is 0 Å². The number of hydrogen-bond donors (Lipinski definition) is 1. The molecule has 0 fully saturated rings. The van der Waals surface area contributed by atoms with Gasteiger partial charge in [0.25, 0.3) is 5.91 Å². The summed E-state index contributed by atoms with van der Waals surface area (Å²) in [6, 6.07) is 23.0. The number of furan rings is 1. The molecule has 3 rings (SSSR count). The summed E-state index contributed by atoms with van der Waals surface area (Å²) in [5.41, 5.74) is 4.45. The largest absolute Gasteiger partial charge is 0.460 e. The van der Waals surface area contributed by atoms with Crippen molar-refractivity contribution in [3.63, 3.8) is 0 Å². The van der Waals surface area contributed by atoms with Crippen LogP contribution in [-0.4, -0.2) is 12.1 Å². The number of amides is 1. The van der Waals surface area contributed by atoms with E-state index in [1.54, 1.807) is 6.07 Å². The lowest BCUT2D eigenvalue weighted by Crippen LogP contribution is -2.26. The van der Waals surface area contributed by atoms with Crippen LogP contribution in [0.2, 0.25) is 0 Å². The number of carbonyl (C=O) groups excluding carboxylic acids is 1. The molecule has 24 heavy (non-hydrogen) atoms. The van der Waals surface area contributed by atoms with Crippen LogP contribution in [0.3, 0.4) is 0 Å². The summed E-state index contributed by atoms with van der Waals surface area (Å²) in [7, 11) is 0. The molecule has 0 atom stereocenters. The molecule has 0 spiro atoms. The van der Waals surface area contributed by atoms with Crippen LogP contribution in [0.4, 0.5) is 0 Å². The third-order valence-corrected chi connectivity index (χ3v) is 3.66. The minimum absolute atomic E-state index is 0.188. The van der Waals surface area contributed by atoms with E-state index in [-0.39, 0.29) is 5.91 Å². The van der Waals surface area contributed by atoms with Gasteiger partial charge in [-0.05, 0) is 30.2 Å². The first-order valence-electron chi connectivity index (χ1n) is 7.73. The van der Waals surface area contributed by atoms with Crippen LogP contribution in [0.5, 0.6) is 0 Å². The SMILES string of the molecule is Cc1ccc(/C=N\NC(=O)C(c2ccccc2)c2ccccc2)o1. The van der Waals surface area contributed by atoms with Crippen molar-refractivity contribution < 1.29 is 9.21 Å². The minimum atomic E-state index is -0.414. The van der Waals surface area contributed by atoms with Gasteiger partial charge < -0.3 is 4.42 Å². The number of nitrogens with one attached hydrogen (secondary N) is 1. The lowest BCUT2D eigenvalue weighted by molar-refractivity contribution is -0.121. The summed E-state index contributed by atoms with van der Waals surface area (Å²) in [4.78, 5) is 12.7. The van der Waals surface area contributed by atoms with Gasteiger partial charge in [0.2, 0.25) is 0 Å². The Labute approximate surface area is 140 Å². The van der Waals surface area contributed by atoms with Crippen molar-refractivity contribution in [2.75, 3.05) is 0 Å². The second kappa shape index (κ2) is 7.42. The molecular weight excluding hydrogens is 300 g/mol. The van der Waals surface area contributed by atoms with Gasteiger partial charge >= 0.3 is 0 Å². The Morgan fingerprint density at radius 2 is 1.54 bits per heavy atom. The highest BCUT2D eigenvalue weighted by Gasteiger charge is 2.22. The van der Waals surface area contributed by atoms with Gasteiger partial charge in [0.1, 0.15) is 11.5 Å². The van der Waals surface area contributed by atoms with Crippen LogP contribution < -0.4 is 5.43 Å². The number of aryl methyl sites for hydroxylation is 1. The highest BCUT2D eigenvalue weighted by molar-refractivity contribution is 5.88. The number of rotatable bonds is 5. The van der Waals surface area contributed by atoms with Gasteiger partial charge in [0, 0.05) is 0 Å². The average Bonchev–Trinajstić information content (AvgIpc) is 3.02. The highest BCUT2D eigenvalue weighted by atomic mass is 16.3. The fraction of sp³-hybridized carbons (Fsp3) is 0.100. The molecule has 0 aliphatic rings. The molecule has 1 amide bonds. The van der Waals surface area contributed by atoms with Crippen LogP contribution in [0.25, 0.3) is 0 Å². The number of nitrogens with zero attached hydrogens (tertiary/aromatic N) is 1. The molecule has 120 valence electrons. The Hall–Kier alpha value is -3.14. The molecule has 0 saturated carbocycles. The van der Waals surface area contributed by atoms with Crippen LogP contribution in [0.1, 0.15) is 28.6 Å². The molecule has 0 saturated heterocycles. The Morgan fingerprint density at radius 3 is 2.04 bits per heavy atom. The maximum Gasteiger partial charge on any atom is 0.252 e. The van der Waals surface area contributed by atoms with Gasteiger partial charge in [-0.2, -0.15) is 5.10 Å². The second-order valence-electron chi connectivity index (χ2n) is 5.44. The normalized spacial score (nSPS) is 11.1. The fourth-order valence-electron chi connectivity index (χ4n) is 2.53. The first-order chi connectivity index (χ1) is 11.7. The molecule has 0 aliphatic heterocycles. The zero-order chi connectivity index (χ0) is 16.8. The molecular formula is C20H18N2O2. The maximum absolute atomic E-state index is 12.7. The zero-order valence-electron chi connectivity index (χ0n) is 13.3. The van der Waals surface area contributed by atoms with Crippen molar-refractivity contribution in [1.82, 2.24) is 5.43 Å². The Kier molecular flexibility index (Phi) is 4.87. The molecule has 4 heteroatoms. The second-order valence-corrected chi connectivity index (χ2v) is 5.44. The van der Waals surface area contributed by atoms with E-state index in [1.807, 2.05) is 73.7 Å². The zero-order valence-corrected chi connectivity index (χ0v) is 13.3. The van der Waals surface area contributed by atoms with Crippen LogP contribution in [0, 0.1) is 6.92 Å². The van der Waals surface area contributed by atoms with E-state index in [4.69, 9.17) is 4.42 Å². The van der Waals surface area contributed by atoms with Crippen molar-refractivity contribution >= 4 is 12.1 Å². The number of hydrogen-bond acceptors (Lipinski definition) is 3. The molecule has 1 N–H and O–H groups in total. The first-order valence-corrected chi connectivity index (χ1v) is 7.73. The van der Waals surface area contributed by atoms with Crippen LogP contribution in [0.15, 0.2) is 82.3 Å². The summed E-state index contributed by atoms with van der Waals surface area (Å²) in [6.07, 6.45) is 1.50. The average molecular weight is 318 g/mol. The van der Waals surface area contributed by atoms with Crippen molar-refractivity contribution in [2.45, 2.75) is 12.8 Å². The van der Waals surface area contributed by atoms with Gasteiger partial charge in [-0.3, -0.25) is 4.79 Å². The molecule has 0 radical (unpaired) electrons. The number of carbonyl (C=O) groups is 1. The molecule has 0 aliphatic carbocycles. The van der Waals surface area contributed by atoms with E-state index in [1.165, 1.54) is 6.21 Å². The van der Waals surface area contributed by atoms with Gasteiger partial charge in [0.05, 0.1) is 12.1 Å². The van der Waals surface area contributed by atoms with Crippen molar-refractivity contribution in [3.05, 3.63) is 95.4 Å². The van der Waals surface area contributed by atoms with Gasteiger partial charge in [0.15, 0.2) is 0 Å². The summed E-state index contributed by atoms with van der Waals surface area (Å²) in [5.74, 6) is 0.799. The quantitative estimate of drug-likeness (QED) is 0.573. The van der Waals surface area contributed by atoms with Crippen molar-refractivity contribution in [1.29, 1.82) is 0 Å². The third-order valence-electron chi connectivity index (χ3n) is 3.66. The molecule has 1 heterocycles. The third kappa shape index (κ3) is 3.79. The molecule has 0 bridgehead atoms. The minimum Gasteiger partial charge on any atom is -0.460 e. The molecule has 3 aromatic rings.